The van der Waals surface area contributed by atoms with Crippen molar-refractivity contribution in [2.75, 3.05) is 27.4 Å². The van der Waals surface area contributed by atoms with Gasteiger partial charge >= 0.3 is 5.97 Å². The van der Waals surface area contributed by atoms with Crippen molar-refractivity contribution >= 4 is 17.7 Å². The van der Waals surface area contributed by atoms with E-state index in [1.165, 1.54) is 37.3 Å². The molecule has 7 heteroatoms. The highest BCUT2D eigenvalue weighted by molar-refractivity contribution is 7.99. The molecule has 1 saturated carbocycles. The molecule has 0 radical (unpaired) electrons. The fourth-order valence-corrected chi connectivity index (χ4v) is 6.01. The second-order valence-electron chi connectivity index (χ2n) is 9.40. The minimum absolute atomic E-state index is 0.0253. The van der Waals surface area contributed by atoms with Gasteiger partial charge in [-0.25, -0.2) is 4.79 Å². The van der Waals surface area contributed by atoms with Crippen molar-refractivity contribution in [3.63, 3.8) is 0 Å². The Morgan fingerprint density at radius 1 is 1.00 bits per heavy atom. The van der Waals surface area contributed by atoms with E-state index in [0.717, 1.165) is 40.4 Å². The van der Waals surface area contributed by atoms with Crippen LogP contribution in [0.3, 0.4) is 0 Å². The second kappa shape index (κ2) is 14.2. The number of aliphatic hydroxyl groups excluding tert-OH is 1. The first-order valence-corrected chi connectivity index (χ1v) is 13.9. The lowest BCUT2D eigenvalue weighted by atomic mass is 9.92. The highest BCUT2D eigenvalue weighted by Gasteiger charge is 2.30. The monoisotopic (exact) mass is 536 g/mol. The van der Waals surface area contributed by atoms with E-state index in [9.17, 15) is 9.90 Å². The maximum Gasteiger partial charge on any atom is 0.331 e. The van der Waals surface area contributed by atoms with Crippen molar-refractivity contribution in [3.05, 3.63) is 89.5 Å². The zero-order valence-electron chi connectivity index (χ0n) is 22.0. The quantitative estimate of drug-likeness (QED) is 0.203. The fraction of sp³-hybridized carbons (Fsp3) is 0.387. The van der Waals surface area contributed by atoms with Gasteiger partial charge in [0.15, 0.2) is 0 Å². The maximum absolute atomic E-state index is 11.6. The van der Waals surface area contributed by atoms with Crippen LogP contribution < -0.4 is 9.47 Å². The Kier molecular flexibility index (Phi) is 10.5. The molecular weight excluding hydrogens is 500 g/mol. The normalized spacial score (nSPS) is 15.1. The highest BCUT2D eigenvalue weighted by atomic mass is 32.2. The molecule has 6 nitrogen and oxygen atoms in total. The van der Waals surface area contributed by atoms with Crippen molar-refractivity contribution in [1.82, 2.24) is 0 Å². The van der Waals surface area contributed by atoms with Crippen LogP contribution in [0.1, 0.15) is 53.5 Å². The third kappa shape index (κ3) is 7.53. The molecule has 4 rings (SSSR count). The average Bonchev–Trinajstić information content (AvgIpc) is 3.50. The predicted molar refractivity (Wildman–Crippen MR) is 149 cm³/mol. The van der Waals surface area contributed by atoms with Crippen molar-refractivity contribution in [1.29, 1.82) is 0 Å². The summed E-state index contributed by atoms with van der Waals surface area (Å²) in [4.78, 5) is 12.5. The van der Waals surface area contributed by atoms with Crippen LogP contribution in [-0.2, 0) is 20.9 Å². The number of thioether (sulfide) groups is 1. The number of benzene rings is 3. The molecule has 2 atom stereocenters. The van der Waals surface area contributed by atoms with Gasteiger partial charge < -0.3 is 24.1 Å². The van der Waals surface area contributed by atoms with Crippen LogP contribution in [0.5, 0.6) is 11.5 Å². The summed E-state index contributed by atoms with van der Waals surface area (Å²) in [6.45, 7) is 0.190. The number of methoxy groups -OCH3 is 2. The summed E-state index contributed by atoms with van der Waals surface area (Å²) in [5.41, 5.74) is 3.18. The first-order chi connectivity index (χ1) is 18.6. The topological polar surface area (TPSA) is 74.2 Å². The number of aliphatic hydroxyl groups is 1. The van der Waals surface area contributed by atoms with Crippen molar-refractivity contribution < 1.29 is 28.8 Å². The summed E-state index contributed by atoms with van der Waals surface area (Å²) in [6, 6.07) is 24.1. The van der Waals surface area contributed by atoms with E-state index in [4.69, 9.17) is 14.2 Å². The molecule has 0 aliphatic heterocycles. The Labute approximate surface area is 229 Å². The smallest absolute Gasteiger partial charge is 0.331 e. The summed E-state index contributed by atoms with van der Waals surface area (Å²) in [5.74, 6) is 1.52. The molecule has 3 aromatic rings. The number of hydrogen-bond donors (Lipinski definition) is 1. The number of esters is 1. The van der Waals surface area contributed by atoms with Gasteiger partial charge in [0.05, 0.1) is 32.2 Å². The Balaban J connectivity index is 1.69. The molecule has 0 bridgehead atoms. The lowest BCUT2D eigenvalue weighted by molar-refractivity contribution is -0.146. The van der Waals surface area contributed by atoms with Crippen LogP contribution in [0.25, 0.3) is 0 Å². The van der Waals surface area contributed by atoms with E-state index in [0.29, 0.717) is 12.5 Å². The molecular formula is C31H36O6S. The van der Waals surface area contributed by atoms with Crippen molar-refractivity contribution in [2.45, 2.75) is 54.5 Å². The Morgan fingerprint density at radius 2 is 1.76 bits per heavy atom. The minimum atomic E-state index is -0.909. The van der Waals surface area contributed by atoms with E-state index < -0.39 is 17.3 Å². The third-order valence-corrected chi connectivity index (χ3v) is 8.14. The van der Waals surface area contributed by atoms with E-state index >= 15 is 0 Å². The molecule has 0 aromatic heterocycles. The Hall–Kier alpha value is -3.00. The maximum atomic E-state index is 11.6. The molecule has 1 aliphatic carbocycles. The third-order valence-electron chi connectivity index (χ3n) is 6.79. The first kappa shape index (κ1) is 28.0. The molecule has 1 aliphatic rings. The Morgan fingerprint density at radius 3 is 2.50 bits per heavy atom. The zero-order chi connectivity index (χ0) is 26.7. The minimum Gasteiger partial charge on any atom is -0.497 e. The molecule has 3 aromatic carbocycles. The van der Waals surface area contributed by atoms with Gasteiger partial charge in [-0.05, 0) is 48.1 Å². The molecule has 1 fully saturated rings. The van der Waals surface area contributed by atoms with E-state index in [2.05, 4.69) is 29.0 Å². The SMILES string of the molecule is COC(=O)COCC(O)C(Sc1cccc(OC)c1)c1cccc(C2CCCC2)c1OCc1ccccc1. The van der Waals surface area contributed by atoms with Gasteiger partial charge in [-0.3, -0.25) is 0 Å². The summed E-state index contributed by atoms with van der Waals surface area (Å²) in [6.07, 6.45) is 3.76. The van der Waals surface area contributed by atoms with Crippen molar-refractivity contribution in [2.24, 2.45) is 0 Å². The second-order valence-corrected chi connectivity index (χ2v) is 10.6. The Bertz CT molecular complexity index is 1160. The molecule has 0 saturated heterocycles. The molecule has 0 spiro atoms. The number of carbonyl (C=O) groups excluding carboxylic acids is 1. The lowest BCUT2D eigenvalue weighted by Gasteiger charge is -2.27. The molecule has 2 unspecified atom stereocenters. The van der Waals surface area contributed by atoms with Crippen molar-refractivity contribution in [3.8, 4) is 11.5 Å². The lowest BCUT2D eigenvalue weighted by Crippen LogP contribution is -2.25. The van der Waals surface area contributed by atoms with Gasteiger partial charge in [-0.1, -0.05) is 67.4 Å². The number of hydrogen-bond acceptors (Lipinski definition) is 7. The molecule has 202 valence electrons. The van der Waals surface area contributed by atoms with Crippen LogP contribution in [-0.4, -0.2) is 44.6 Å². The molecule has 0 amide bonds. The van der Waals surface area contributed by atoms with Crippen LogP contribution in [0, 0.1) is 0 Å². The highest BCUT2D eigenvalue weighted by Crippen LogP contribution is 2.47. The molecule has 38 heavy (non-hydrogen) atoms. The largest absolute Gasteiger partial charge is 0.497 e. The first-order valence-electron chi connectivity index (χ1n) is 13.0. The number of carbonyl (C=O) groups is 1. The number of rotatable bonds is 13. The predicted octanol–water partition coefficient (Wildman–Crippen LogP) is 6.32. The van der Waals surface area contributed by atoms with Gasteiger partial charge in [0.1, 0.15) is 24.7 Å². The van der Waals surface area contributed by atoms with Gasteiger partial charge in [-0.2, -0.15) is 0 Å². The van der Waals surface area contributed by atoms with E-state index in [-0.39, 0.29) is 13.2 Å². The van der Waals surface area contributed by atoms with E-state index in [1.807, 2.05) is 48.5 Å². The van der Waals surface area contributed by atoms with Crippen LogP contribution in [0.15, 0.2) is 77.7 Å². The summed E-state index contributed by atoms with van der Waals surface area (Å²) >= 11 is 1.52. The number of para-hydroxylation sites is 1. The summed E-state index contributed by atoms with van der Waals surface area (Å²) < 4.78 is 22.2. The van der Waals surface area contributed by atoms with Crippen LogP contribution >= 0.6 is 11.8 Å². The standard InChI is InChI=1S/C31H36O6S/c1-34-24-14-8-15-25(18-24)38-31(28(32)20-36-21-29(33)35-2)27-17-9-16-26(23-12-6-7-13-23)30(27)37-19-22-10-4-3-5-11-22/h3-5,8-11,14-18,23,28,31-32H,6-7,12-13,19-21H2,1-2H3. The zero-order valence-corrected chi connectivity index (χ0v) is 22.8. The summed E-state index contributed by atoms with van der Waals surface area (Å²) in [7, 11) is 2.95. The van der Waals surface area contributed by atoms with E-state index in [1.54, 1.807) is 7.11 Å². The summed E-state index contributed by atoms with van der Waals surface area (Å²) in [5, 5.41) is 11.0. The molecule has 0 heterocycles. The van der Waals surface area contributed by atoms with Gasteiger partial charge in [0.2, 0.25) is 0 Å². The fourth-order valence-electron chi connectivity index (χ4n) is 4.83. The van der Waals surface area contributed by atoms with Gasteiger partial charge in [-0.15, -0.1) is 11.8 Å². The molecule has 1 N–H and O–H groups in total. The van der Waals surface area contributed by atoms with Crippen LogP contribution in [0.4, 0.5) is 0 Å². The van der Waals surface area contributed by atoms with Gasteiger partial charge in [0.25, 0.3) is 0 Å². The number of ether oxygens (including phenoxy) is 4. The van der Waals surface area contributed by atoms with Gasteiger partial charge in [0, 0.05) is 10.5 Å². The van der Waals surface area contributed by atoms with Crippen LogP contribution in [0.2, 0.25) is 0 Å². The average molecular weight is 537 g/mol.